The second-order valence-corrected chi connectivity index (χ2v) is 9.76. The Morgan fingerprint density at radius 1 is 1.06 bits per heavy atom. The summed E-state index contributed by atoms with van der Waals surface area (Å²) in [5.41, 5.74) is 3.25. The third-order valence-electron chi connectivity index (χ3n) is 5.59. The van der Waals surface area contributed by atoms with E-state index in [1.165, 1.54) is 4.31 Å². The van der Waals surface area contributed by atoms with E-state index in [4.69, 9.17) is 0 Å². The highest BCUT2D eigenvalue weighted by Crippen LogP contribution is 2.23. The number of H-pyrrole nitrogens is 1. The summed E-state index contributed by atoms with van der Waals surface area (Å²) >= 11 is 0. The number of aromatic amines is 1. The zero-order chi connectivity index (χ0) is 22.0. The molecule has 1 N–H and O–H groups in total. The number of hydrogen-bond donors (Lipinski definition) is 1. The summed E-state index contributed by atoms with van der Waals surface area (Å²) in [5, 5.41) is 0. The van der Waals surface area contributed by atoms with Crippen molar-refractivity contribution in [2.24, 2.45) is 0 Å². The van der Waals surface area contributed by atoms with E-state index >= 15 is 0 Å². The van der Waals surface area contributed by atoms with Gasteiger partial charge in [-0.25, -0.2) is 13.4 Å². The smallest absolute Gasteiger partial charge is 0.243 e. The van der Waals surface area contributed by atoms with Crippen molar-refractivity contribution in [2.45, 2.75) is 13.3 Å². The number of rotatable bonds is 5. The average Bonchev–Trinajstić information content (AvgIpc) is 3.01. The highest BCUT2D eigenvalue weighted by atomic mass is 32.2. The van der Waals surface area contributed by atoms with E-state index in [0.29, 0.717) is 25.3 Å². The van der Waals surface area contributed by atoms with Crippen molar-refractivity contribution in [1.82, 2.24) is 14.9 Å². The van der Waals surface area contributed by atoms with Crippen LogP contribution in [0, 0.1) is 6.92 Å². The number of aryl methyl sites for hydroxylation is 1. The lowest BCUT2D eigenvalue weighted by Gasteiger charge is -2.27. The van der Waals surface area contributed by atoms with Crippen LogP contribution < -0.4 is 9.21 Å². The van der Waals surface area contributed by atoms with Gasteiger partial charge in [0.1, 0.15) is 6.54 Å². The Balaban J connectivity index is 1.47. The van der Waals surface area contributed by atoms with Gasteiger partial charge >= 0.3 is 0 Å². The second kappa shape index (κ2) is 8.58. The zero-order valence-corrected chi connectivity index (χ0v) is 18.6. The van der Waals surface area contributed by atoms with Crippen molar-refractivity contribution in [3.8, 4) is 0 Å². The SMILES string of the molecule is Cc1ccccc1N(CC(=O)N1CCCN(c2nc3ccccc3[nH]2)CC1)S(C)(=O)=O. The predicted octanol–water partition coefficient (Wildman–Crippen LogP) is 2.38. The Morgan fingerprint density at radius 3 is 2.55 bits per heavy atom. The maximum atomic E-state index is 13.1. The first kappa shape index (κ1) is 21.2. The minimum atomic E-state index is -3.59. The zero-order valence-electron chi connectivity index (χ0n) is 17.8. The van der Waals surface area contributed by atoms with E-state index in [0.717, 1.165) is 41.8 Å². The van der Waals surface area contributed by atoms with Crippen LogP contribution in [0.25, 0.3) is 11.0 Å². The molecule has 164 valence electrons. The van der Waals surface area contributed by atoms with Gasteiger partial charge < -0.3 is 14.8 Å². The van der Waals surface area contributed by atoms with Gasteiger partial charge in [-0.3, -0.25) is 9.10 Å². The number of anilines is 2. The van der Waals surface area contributed by atoms with Crippen molar-refractivity contribution < 1.29 is 13.2 Å². The maximum Gasteiger partial charge on any atom is 0.243 e. The third-order valence-corrected chi connectivity index (χ3v) is 6.71. The van der Waals surface area contributed by atoms with Crippen LogP contribution >= 0.6 is 0 Å². The highest BCUT2D eigenvalue weighted by Gasteiger charge is 2.27. The minimum absolute atomic E-state index is 0.194. The van der Waals surface area contributed by atoms with Crippen LogP contribution in [0.1, 0.15) is 12.0 Å². The second-order valence-electron chi connectivity index (χ2n) is 7.86. The molecule has 1 aliphatic heterocycles. The topological polar surface area (TPSA) is 89.6 Å². The van der Waals surface area contributed by atoms with Crippen molar-refractivity contribution in [1.29, 1.82) is 0 Å². The maximum absolute atomic E-state index is 13.1. The number of para-hydroxylation sites is 3. The van der Waals surface area contributed by atoms with Crippen LogP contribution in [-0.4, -0.2) is 68.2 Å². The summed E-state index contributed by atoms with van der Waals surface area (Å²) in [6.45, 7) is 4.15. The third kappa shape index (κ3) is 4.66. The number of amides is 1. The first-order valence-electron chi connectivity index (χ1n) is 10.3. The lowest BCUT2D eigenvalue weighted by atomic mass is 10.2. The van der Waals surface area contributed by atoms with E-state index in [9.17, 15) is 13.2 Å². The molecule has 0 aliphatic carbocycles. The van der Waals surface area contributed by atoms with Gasteiger partial charge in [0, 0.05) is 26.2 Å². The molecular weight excluding hydrogens is 414 g/mol. The molecule has 1 amide bonds. The van der Waals surface area contributed by atoms with Crippen molar-refractivity contribution in [3.05, 3.63) is 54.1 Å². The number of benzene rings is 2. The van der Waals surface area contributed by atoms with Crippen LogP contribution in [0.4, 0.5) is 11.6 Å². The molecule has 0 atom stereocenters. The quantitative estimate of drug-likeness (QED) is 0.657. The molecule has 0 saturated carbocycles. The van der Waals surface area contributed by atoms with Gasteiger partial charge in [-0.05, 0) is 37.1 Å². The lowest BCUT2D eigenvalue weighted by molar-refractivity contribution is -0.129. The Labute approximate surface area is 182 Å². The summed E-state index contributed by atoms with van der Waals surface area (Å²) in [6, 6.07) is 15.1. The molecule has 2 heterocycles. The average molecular weight is 442 g/mol. The van der Waals surface area contributed by atoms with E-state index in [-0.39, 0.29) is 12.5 Å². The van der Waals surface area contributed by atoms with Gasteiger partial charge in [-0.1, -0.05) is 30.3 Å². The van der Waals surface area contributed by atoms with Gasteiger partial charge in [0.2, 0.25) is 21.9 Å². The largest absolute Gasteiger partial charge is 0.341 e. The number of carbonyl (C=O) groups excluding carboxylic acids is 1. The van der Waals surface area contributed by atoms with Gasteiger partial charge in [-0.2, -0.15) is 0 Å². The molecule has 0 spiro atoms. The molecule has 9 heteroatoms. The van der Waals surface area contributed by atoms with Crippen molar-refractivity contribution in [3.63, 3.8) is 0 Å². The number of imidazole rings is 1. The summed E-state index contributed by atoms with van der Waals surface area (Å²) in [4.78, 5) is 24.9. The van der Waals surface area contributed by atoms with Gasteiger partial charge in [-0.15, -0.1) is 0 Å². The molecule has 0 bridgehead atoms. The fraction of sp³-hybridized carbons (Fsp3) is 0.364. The summed E-state index contributed by atoms with van der Waals surface area (Å²) in [6.07, 6.45) is 1.92. The Hall–Kier alpha value is -3.07. The molecule has 8 nitrogen and oxygen atoms in total. The Kier molecular flexibility index (Phi) is 5.86. The predicted molar refractivity (Wildman–Crippen MR) is 123 cm³/mol. The van der Waals surface area contributed by atoms with Gasteiger partial charge in [0.15, 0.2) is 0 Å². The molecule has 2 aromatic carbocycles. The van der Waals surface area contributed by atoms with Crippen LogP contribution in [0.3, 0.4) is 0 Å². The first-order valence-corrected chi connectivity index (χ1v) is 12.2. The molecule has 3 aromatic rings. The van der Waals surface area contributed by atoms with Crippen LogP contribution in [0.15, 0.2) is 48.5 Å². The molecule has 1 saturated heterocycles. The van der Waals surface area contributed by atoms with E-state index < -0.39 is 10.0 Å². The lowest BCUT2D eigenvalue weighted by Crippen LogP contribution is -2.44. The molecule has 1 aromatic heterocycles. The molecule has 0 radical (unpaired) electrons. The monoisotopic (exact) mass is 441 g/mol. The number of carbonyl (C=O) groups is 1. The molecule has 1 fully saturated rings. The van der Waals surface area contributed by atoms with Crippen molar-refractivity contribution >= 4 is 38.6 Å². The molecule has 4 rings (SSSR count). The fourth-order valence-corrected chi connectivity index (χ4v) is 4.82. The number of nitrogens with zero attached hydrogens (tertiary/aromatic N) is 4. The van der Waals surface area contributed by atoms with Crippen molar-refractivity contribution in [2.75, 3.05) is 48.2 Å². The Bertz CT molecular complexity index is 1160. The normalized spacial score (nSPS) is 15.2. The van der Waals surface area contributed by atoms with Gasteiger partial charge in [0.25, 0.3) is 0 Å². The summed E-state index contributed by atoms with van der Waals surface area (Å²) in [5.74, 6) is 0.605. The highest BCUT2D eigenvalue weighted by molar-refractivity contribution is 7.92. The van der Waals surface area contributed by atoms with E-state index in [2.05, 4.69) is 14.9 Å². The van der Waals surface area contributed by atoms with Gasteiger partial charge in [0.05, 0.1) is 23.0 Å². The Morgan fingerprint density at radius 2 is 1.81 bits per heavy atom. The first-order chi connectivity index (χ1) is 14.8. The number of fused-ring (bicyclic) bond motifs is 1. The van der Waals surface area contributed by atoms with Crippen LogP contribution in [0.5, 0.6) is 0 Å². The fourth-order valence-electron chi connectivity index (χ4n) is 3.91. The summed E-state index contributed by atoms with van der Waals surface area (Å²) < 4.78 is 26.1. The minimum Gasteiger partial charge on any atom is -0.341 e. The summed E-state index contributed by atoms with van der Waals surface area (Å²) in [7, 11) is -3.59. The number of nitrogens with one attached hydrogen (secondary N) is 1. The standard InChI is InChI=1S/C22H27N5O3S/c1-17-8-3-6-11-20(17)27(31(2,29)30)16-21(28)25-12-7-13-26(15-14-25)22-23-18-9-4-5-10-19(18)24-22/h3-6,8-11H,7,12-16H2,1-2H3,(H,23,24). The molecule has 0 unspecified atom stereocenters. The molecule has 1 aliphatic rings. The molecular formula is C22H27N5O3S. The van der Waals surface area contributed by atoms with E-state index in [1.54, 1.807) is 17.0 Å². The van der Waals surface area contributed by atoms with Crippen LogP contribution in [-0.2, 0) is 14.8 Å². The number of aromatic nitrogens is 2. The van der Waals surface area contributed by atoms with E-state index in [1.807, 2.05) is 43.3 Å². The number of sulfonamides is 1. The molecule has 31 heavy (non-hydrogen) atoms. The number of hydrogen-bond acceptors (Lipinski definition) is 5. The van der Waals surface area contributed by atoms with Crippen LogP contribution in [0.2, 0.25) is 0 Å².